The molecule has 0 aliphatic carbocycles. The van der Waals surface area contributed by atoms with Crippen molar-refractivity contribution >= 4 is 0 Å². The fourth-order valence-electron chi connectivity index (χ4n) is 1.62. The normalized spacial score (nSPS) is 13.4. The molecule has 0 amide bonds. The van der Waals surface area contributed by atoms with Gasteiger partial charge in [-0.05, 0) is 32.4 Å². The predicted molar refractivity (Wildman–Crippen MR) is 63.9 cm³/mol. The molecule has 0 heterocycles. The number of hydrogen-bond acceptors (Lipinski definition) is 3. The van der Waals surface area contributed by atoms with E-state index in [0.29, 0.717) is 6.61 Å². The van der Waals surface area contributed by atoms with Crippen LogP contribution in [0.1, 0.15) is 46.5 Å². The summed E-state index contributed by atoms with van der Waals surface area (Å²) < 4.78 is 5.32. The molecule has 0 aromatic rings. The smallest absolute Gasteiger partial charge is 0.154 e. The average molecular weight is 217 g/mol. The Morgan fingerprint density at radius 3 is 2.07 bits per heavy atom. The minimum Gasteiger partial charge on any atom is -0.368 e. The monoisotopic (exact) mass is 217 g/mol. The molecule has 0 saturated heterocycles. The van der Waals surface area contributed by atoms with Gasteiger partial charge in [-0.2, -0.15) is 0 Å². The van der Waals surface area contributed by atoms with Crippen LogP contribution in [-0.2, 0) is 4.74 Å². The quantitative estimate of drug-likeness (QED) is 0.570. The summed E-state index contributed by atoms with van der Waals surface area (Å²) in [6.07, 6.45) is 3.49. The highest BCUT2D eigenvalue weighted by Crippen LogP contribution is 1.99. The van der Waals surface area contributed by atoms with Crippen LogP contribution in [0.25, 0.3) is 0 Å². The Balaban J connectivity index is 3.51. The fraction of sp³-hybridized carbons (Fsp3) is 1.00. The predicted octanol–water partition coefficient (Wildman–Crippen LogP) is 2.24. The van der Waals surface area contributed by atoms with Crippen molar-refractivity contribution in [2.45, 2.75) is 52.7 Å². The van der Waals surface area contributed by atoms with Gasteiger partial charge in [0.15, 0.2) is 6.29 Å². The zero-order valence-corrected chi connectivity index (χ0v) is 10.5. The van der Waals surface area contributed by atoms with E-state index in [1.807, 2.05) is 6.92 Å². The van der Waals surface area contributed by atoms with Gasteiger partial charge < -0.3 is 14.7 Å². The number of ether oxygens (including phenoxy) is 1. The SMILES string of the molecule is CCCC(O)OCCN(CCC)CCC. The summed E-state index contributed by atoms with van der Waals surface area (Å²) in [7, 11) is 0. The van der Waals surface area contributed by atoms with Crippen LogP contribution in [0, 0.1) is 0 Å². The van der Waals surface area contributed by atoms with Crippen molar-refractivity contribution < 1.29 is 9.84 Å². The lowest BCUT2D eigenvalue weighted by molar-refractivity contribution is -0.107. The van der Waals surface area contributed by atoms with Gasteiger partial charge in [-0.15, -0.1) is 0 Å². The Bertz CT molecular complexity index is 125. The van der Waals surface area contributed by atoms with Gasteiger partial charge in [-0.25, -0.2) is 0 Å². The number of aliphatic hydroxyl groups is 1. The largest absolute Gasteiger partial charge is 0.368 e. The molecule has 92 valence electrons. The molecule has 0 radical (unpaired) electrons. The van der Waals surface area contributed by atoms with E-state index < -0.39 is 6.29 Å². The van der Waals surface area contributed by atoms with Gasteiger partial charge in [0.25, 0.3) is 0 Å². The molecule has 0 rings (SSSR count). The molecule has 3 heteroatoms. The van der Waals surface area contributed by atoms with Crippen LogP contribution in [0.5, 0.6) is 0 Å². The van der Waals surface area contributed by atoms with E-state index in [9.17, 15) is 5.11 Å². The van der Waals surface area contributed by atoms with Gasteiger partial charge in [0, 0.05) is 6.54 Å². The molecule has 1 unspecified atom stereocenters. The van der Waals surface area contributed by atoms with E-state index in [0.717, 1.165) is 32.5 Å². The van der Waals surface area contributed by atoms with Crippen LogP contribution in [-0.4, -0.2) is 42.5 Å². The van der Waals surface area contributed by atoms with Crippen molar-refractivity contribution in [3.63, 3.8) is 0 Å². The molecule has 0 bridgehead atoms. The van der Waals surface area contributed by atoms with Crippen molar-refractivity contribution in [2.24, 2.45) is 0 Å². The molecule has 0 fully saturated rings. The fourth-order valence-corrected chi connectivity index (χ4v) is 1.62. The van der Waals surface area contributed by atoms with Crippen molar-refractivity contribution in [3.05, 3.63) is 0 Å². The molecular weight excluding hydrogens is 190 g/mol. The summed E-state index contributed by atoms with van der Waals surface area (Å²) in [6, 6.07) is 0. The van der Waals surface area contributed by atoms with Crippen molar-refractivity contribution in [3.8, 4) is 0 Å². The molecular formula is C12H27NO2. The number of rotatable bonds is 10. The van der Waals surface area contributed by atoms with Gasteiger partial charge in [-0.3, -0.25) is 0 Å². The summed E-state index contributed by atoms with van der Waals surface area (Å²) in [6.45, 7) is 10.3. The Hall–Kier alpha value is -0.120. The lowest BCUT2D eigenvalue weighted by Crippen LogP contribution is -2.30. The minimum atomic E-state index is -0.569. The summed E-state index contributed by atoms with van der Waals surface area (Å²) >= 11 is 0. The van der Waals surface area contributed by atoms with E-state index in [4.69, 9.17) is 4.74 Å². The second kappa shape index (κ2) is 10.4. The van der Waals surface area contributed by atoms with Gasteiger partial charge in [0.1, 0.15) is 0 Å². The summed E-state index contributed by atoms with van der Waals surface area (Å²) in [4.78, 5) is 2.39. The number of aliphatic hydroxyl groups excluding tert-OH is 1. The van der Waals surface area contributed by atoms with E-state index >= 15 is 0 Å². The zero-order valence-electron chi connectivity index (χ0n) is 10.5. The van der Waals surface area contributed by atoms with Gasteiger partial charge in [0.05, 0.1) is 6.61 Å². The van der Waals surface area contributed by atoms with Gasteiger partial charge in [0.2, 0.25) is 0 Å². The molecule has 0 aromatic heterocycles. The molecule has 1 atom stereocenters. The summed E-state index contributed by atoms with van der Waals surface area (Å²) in [5, 5.41) is 9.38. The lowest BCUT2D eigenvalue weighted by Gasteiger charge is -2.21. The highest BCUT2D eigenvalue weighted by atomic mass is 16.6. The first-order chi connectivity index (χ1) is 7.24. The molecule has 0 aromatic carbocycles. The summed E-state index contributed by atoms with van der Waals surface area (Å²) in [5.74, 6) is 0. The first kappa shape index (κ1) is 14.9. The molecule has 0 saturated carbocycles. The van der Waals surface area contributed by atoms with E-state index in [1.54, 1.807) is 0 Å². The Kier molecular flexibility index (Phi) is 10.3. The van der Waals surface area contributed by atoms with Crippen molar-refractivity contribution in [1.82, 2.24) is 4.90 Å². The second-order valence-corrected chi connectivity index (χ2v) is 3.96. The topological polar surface area (TPSA) is 32.7 Å². The van der Waals surface area contributed by atoms with E-state index in [-0.39, 0.29) is 0 Å². The van der Waals surface area contributed by atoms with Crippen LogP contribution in [0.15, 0.2) is 0 Å². The molecule has 1 N–H and O–H groups in total. The highest BCUT2D eigenvalue weighted by molar-refractivity contribution is 4.55. The Morgan fingerprint density at radius 1 is 1.00 bits per heavy atom. The third-order valence-corrected chi connectivity index (χ3v) is 2.33. The van der Waals surface area contributed by atoms with Crippen LogP contribution in [0.2, 0.25) is 0 Å². The van der Waals surface area contributed by atoms with E-state index in [1.165, 1.54) is 12.8 Å². The van der Waals surface area contributed by atoms with Crippen molar-refractivity contribution in [1.29, 1.82) is 0 Å². The van der Waals surface area contributed by atoms with Crippen LogP contribution in [0.4, 0.5) is 0 Å². The maximum Gasteiger partial charge on any atom is 0.154 e. The molecule has 0 aliphatic heterocycles. The minimum absolute atomic E-state index is 0.569. The van der Waals surface area contributed by atoms with Crippen LogP contribution >= 0.6 is 0 Å². The first-order valence-corrected chi connectivity index (χ1v) is 6.26. The standard InChI is InChI=1S/C12H27NO2/c1-4-7-12(14)15-11-10-13(8-5-2)9-6-3/h12,14H,4-11H2,1-3H3. The van der Waals surface area contributed by atoms with Gasteiger partial charge in [-0.1, -0.05) is 27.2 Å². The summed E-state index contributed by atoms with van der Waals surface area (Å²) in [5.41, 5.74) is 0. The number of hydrogen-bond donors (Lipinski definition) is 1. The average Bonchev–Trinajstić information content (AvgIpc) is 2.19. The zero-order chi connectivity index (χ0) is 11.5. The Labute approximate surface area is 94.4 Å². The third kappa shape index (κ3) is 8.85. The molecule has 0 spiro atoms. The maximum absolute atomic E-state index is 9.38. The van der Waals surface area contributed by atoms with Crippen LogP contribution in [0.3, 0.4) is 0 Å². The molecule has 15 heavy (non-hydrogen) atoms. The second-order valence-electron chi connectivity index (χ2n) is 3.96. The van der Waals surface area contributed by atoms with Gasteiger partial charge >= 0.3 is 0 Å². The van der Waals surface area contributed by atoms with Crippen LogP contribution < -0.4 is 0 Å². The molecule has 0 aliphatic rings. The van der Waals surface area contributed by atoms with Crippen molar-refractivity contribution in [2.75, 3.05) is 26.2 Å². The first-order valence-electron chi connectivity index (χ1n) is 6.26. The highest BCUT2D eigenvalue weighted by Gasteiger charge is 2.05. The molecule has 3 nitrogen and oxygen atoms in total. The lowest BCUT2D eigenvalue weighted by atomic mass is 10.3. The number of nitrogens with zero attached hydrogens (tertiary/aromatic N) is 1. The maximum atomic E-state index is 9.38. The Morgan fingerprint density at radius 2 is 1.60 bits per heavy atom. The van der Waals surface area contributed by atoms with E-state index in [2.05, 4.69) is 18.7 Å². The third-order valence-electron chi connectivity index (χ3n) is 2.33.